The summed E-state index contributed by atoms with van der Waals surface area (Å²) >= 11 is 0. The van der Waals surface area contributed by atoms with E-state index in [9.17, 15) is 9.90 Å². The van der Waals surface area contributed by atoms with Crippen molar-refractivity contribution in [3.05, 3.63) is 41.3 Å². The quantitative estimate of drug-likeness (QED) is 0.860. The van der Waals surface area contributed by atoms with E-state index in [0.717, 1.165) is 25.1 Å². The summed E-state index contributed by atoms with van der Waals surface area (Å²) in [4.78, 5) is 18.7. The van der Waals surface area contributed by atoms with Crippen LogP contribution < -0.4 is 5.32 Å². The van der Waals surface area contributed by atoms with E-state index in [2.05, 4.69) is 20.3 Å². The first-order valence-corrected chi connectivity index (χ1v) is 8.28. The zero-order chi connectivity index (χ0) is 17.1. The Morgan fingerprint density at radius 1 is 1.46 bits per heavy atom. The van der Waals surface area contributed by atoms with Gasteiger partial charge in [0.05, 0.1) is 18.3 Å². The second-order valence-corrected chi connectivity index (χ2v) is 5.95. The van der Waals surface area contributed by atoms with Crippen molar-refractivity contribution < 1.29 is 9.90 Å². The fourth-order valence-electron chi connectivity index (χ4n) is 3.14. The van der Waals surface area contributed by atoms with Gasteiger partial charge >= 0.3 is 0 Å². The van der Waals surface area contributed by atoms with Crippen LogP contribution in [0.2, 0.25) is 0 Å². The molecule has 24 heavy (non-hydrogen) atoms. The Labute approximate surface area is 141 Å². The Kier molecular flexibility index (Phi) is 4.92. The molecule has 2 aromatic rings. The number of fused-ring (bicyclic) bond motifs is 1. The monoisotopic (exact) mass is 329 g/mol. The summed E-state index contributed by atoms with van der Waals surface area (Å²) in [5, 5.41) is 16.9. The molecule has 1 aliphatic rings. The molecule has 0 saturated carbocycles. The molecule has 1 aliphatic heterocycles. The summed E-state index contributed by atoms with van der Waals surface area (Å²) in [6.07, 6.45) is 2.48. The van der Waals surface area contributed by atoms with E-state index in [0.29, 0.717) is 18.1 Å². The van der Waals surface area contributed by atoms with Crippen molar-refractivity contribution in [2.45, 2.75) is 46.0 Å². The van der Waals surface area contributed by atoms with E-state index in [1.165, 1.54) is 5.69 Å². The van der Waals surface area contributed by atoms with Crippen molar-refractivity contribution >= 4 is 11.7 Å². The maximum Gasteiger partial charge on any atom is 0.242 e. The molecule has 0 bridgehead atoms. The average Bonchev–Trinajstić information content (AvgIpc) is 2.99. The maximum atomic E-state index is 12.5. The second-order valence-electron chi connectivity index (χ2n) is 5.95. The summed E-state index contributed by atoms with van der Waals surface area (Å²) in [6, 6.07) is 5.14. The Bertz CT molecular complexity index is 713. The van der Waals surface area contributed by atoms with Gasteiger partial charge in [0.15, 0.2) is 0 Å². The third-order valence-corrected chi connectivity index (χ3v) is 4.54. The summed E-state index contributed by atoms with van der Waals surface area (Å²) in [6.45, 7) is 6.08. The number of aromatic nitrogens is 3. The zero-order valence-electron chi connectivity index (χ0n) is 14.1. The number of aliphatic hydroxyl groups excluding tert-OH is 1. The Morgan fingerprint density at radius 2 is 2.29 bits per heavy atom. The molecule has 0 spiro atoms. The predicted octanol–water partition coefficient (Wildman–Crippen LogP) is 1.18. The number of rotatable bonds is 5. The Hall–Kier alpha value is -2.25. The number of aryl methyl sites for hydroxylation is 1. The summed E-state index contributed by atoms with van der Waals surface area (Å²) in [7, 11) is 0. The van der Waals surface area contributed by atoms with Crippen molar-refractivity contribution in [3.8, 4) is 0 Å². The highest BCUT2D eigenvalue weighted by Gasteiger charge is 2.29. The third-order valence-electron chi connectivity index (χ3n) is 4.54. The molecule has 1 unspecified atom stereocenters. The van der Waals surface area contributed by atoms with Gasteiger partial charge in [-0.25, -0.2) is 4.98 Å². The van der Waals surface area contributed by atoms with Crippen LogP contribution in [-0.2, 0) is 30.9 Å². The molecule has 3 rings (SSSR count). The first-order chi connectivity index (χ1) is 11.6. The zero-order valence-corrected chi connectivity index (χ0v) is 14.1. The van der Waals surface area contributed by atoms with Crippen LogP contribution in [0.15, 0.2) is 24.4 Å². The van der Waals surface area contributed by atoms with Crippen LogP contribution in [0.1, 0.15) is 30.8 Å². The predicted molar refractivity (Wildman–Crippen MR) is 90.3 cm³/mol. The molecule has 2 aromatic heterocycles. The average molecular weight is 329 g/mol. The van der Waals surface area contributed by atoms with Crippen molar-refractivity contribution in [1.82, 2.24) is 19.7 Å². The lowest BCUT2D eigenvalue weighted by Crippen LogP contribution is -2.44. The minimum absolute atomic E-state index is 0.0717. The number of hydrogen-bond acceptors (Lipinski definition) is 5. The van der Waals surface area contributed by atoms with Crippen LogP contribution in [0, 0.1) is 0 Å². The molecule has 0 aromatic carbocycles. The van der Waals surface area contributed by atoms with Crippen LogP contribution in [-0.4, -0.2) is 43.3 Å². The number of amides is 1. The number of carbonyl (C=O) groups excluding carboxylic acids is 1. The van der Waals surface area contributed by atoms with Crippen molar-refractivity contribution in [1.29, 1.82) is 0 Å². The number of carbonyl (C=O) groups is 1. The normalized spacial score (nSPS) is 15.8. The summed E-state index contributed by atoms with van der Waals surface area (Å²) in [5.41, 5.74) is 2.95. The van der Waals surface area contributed by atoms with E-state index in [1.54, 1.807) is 12.3 Å². The molecule has 7 heteroatoms. The first-order valence-electron chi connectivity index (χ1n) is 8.28. The van der Waals surface area contributed by atoms with Gasteiger partial charge in [0.1, 0.15) is 5.82 Å². The first kappa shape index (κ1) is 16.6. The van der Waals surface area contributed by atoms with Gasteiger partial charge in [0.2, 0.25) is 5.91 Å². The smallest absolute Gasteiger partial charge is 0.242 e. The van der Waals surface area contributed by atoms with E-state index < -0.39 is 0 Å². The van der Waals surface area contributed by atoms with E-state index in [4.69, 9.17) is 0 Å². The minimum Gasteiger partial charge on any atom is -0.390 e. The lowest BCUT2D eigenvalue weighted by molar-refractivity contribution is -0.121. The summed E-state index contributed by atoms with van der Waals surface area (Å²) < 4.78 is 1.96. The van der Waals surface area contributed by atoms with E-state index in [1.807, 2.05) is 30.7 Å². The lowest BCUT2D eigenvalue weighted by atomic mass is 10.0. The highest BCUT2D eigenvalue weighted by molar-refractivity contribution is 5.93. The van der Waals surface area contributed by atoms with Crippen LogP contribution >= 0.6 is 0 Å². The number of aliphatic hydroxyl groups is 1. The van der Waals surface area contributed by atoms with Gasteiger partial charge in [0, 0.05) is 43.5 Å². The Balaban J connectivity index is 1.72. The number of nitrogens with zero attached hydrogens (tertiary/aromatic N) is 4. The van der Waals surface area contributed by atoms with Crippen LogP contribution in [0.5, 0.6) is 0 Å². The largest absolute Gasteiger partial charge is 0.390 e. The molecule has 1 atom stereocenters. The van der Waals surface area contributed by atoms with Crippen LogP contribution in [0.3, 0.4) is 0 Å². The topological polar surface area (TPSA) is 83.3 Å². The third kappa shape index (κ3) is 3.18. The van der Waals surface area contributed by atoms with Crippen molar-refractivity contribution in [3.63, 3.8) is 0 Å². The molecule has 0 fully saturated rings. The van der Waals surface area contributed by atoms with Gasteiger partial charge < -0.3 is 10.4 Å². The molecule has 2 N–H and O–H groups in total. The highest BCUT2D eigenvalue weighted by Crippen LogP contribution is 2.24. The molecule has 3 heterocycles. The second kappa shape index (κ2) is 7.11. The standard InChI is InChI=1S/C17H23N5O2/c1-3-22-15-7-9-21(10-13(15)14(11-23)20-22)12(2)17(24)19-16-6-4-5-8-18-16/h4-6,8,12,23H,3,7,9-11H2,1-2H3,(H,18,19,24). The van der Waals surface area contributed by atoms with Gasteiger partial charge in [-0.2, -0.15) is 5.10 Å². The molecule has 0 aliphatic carbocycles. The summed E-state index contributed by atoms with van der Waals surface area (Å²) in [5.74, 6) is 0.479. The fraction of sp³-hybridized carbons (Fsp3) is 0.471. The molecule has 7 nitrogen and oxygen atoms in total. The molecule has 0 saturated heterocycles. The van der Waals surface area contributed by atoms with Gasteiger partial charge in [-0.3, -0.25) is 14.4 Å². The fourth-order valence-corrected chi connectivity index (χ4v) is 3.14. The van der Waals surface area contributed by atoms with Crippen molar-refractivity contribution in [2.75, 3.05) is 11.9 Å². The molecular weight excluding hydrogens is 306 g/mol. The van der Waals surface area contributed by atoms with Gasteiger partial charge in [0.25, 0.3) is 0 Å². The number of hydrogen-bond donors (Lipinski definition) is 2. The lowest BCUT2D eigenvalue weighted by Gasteiger charge is -2.32. The SMILES string of the molecule is CCn1nc(CO)c2c1CCN(C(C)C(=O)Nc1ccccn1)C2. The van der Waals surface area contributed by atoms with E-state index in [-0.39, 0.29) is 18.6 Å². The highest BCUT2D eigenvalue weighted by atomic mass is 16.3. The van der Waals surface area contributed by atoms with Gasteiger partial charge in [-0.05, 0) is 26.0 Å². The van der Waals surface area contributed by atoms with Gasteiger partial charge in [-0.15, -0.1) is 0 Å². The number of pyridine rings is 1. The Morgan fingerprint density at radius 3 is 2.96 bits per heavy atom. The number of nitrogens with one attached hydrogen (secondary N) is 1. The number of anilines is 1. The van der Waals surface area contributed by atoms with Crippen LogP contribution in [0.25, 0.3) is 0 Å². The molecular formula is C17H23N5O2. The van der Waals surface area contributed by atoms with Gasteiger partial charge in [-0.1, -0.05) is 6.07 Å². The molecule has 1 amide bonds. The minimum atomic E-state index is -0.281. The van der Waals surface area contributed by atoms with E-state index >= 15 is 0 Å². The molecule has 128 valence electrons. The van der Waals surface area contributed by atoms with Crippen molar-refractivity contribution in [2.24, 2.45) is 0 Å². The maximum absolute atomic E-state index is 12.5. The molecule has 0 radical (unpaired) electrons. The van der Waals surface area contributed by atoms with Crippen LogP contribution in [0.4, 0.5) is 5.82 Å².